The van der Waals surface area contributed by atoms with E-state index in [1.54, 1.807) is 18.2 Å². The first kappa shape index (κ1) is 15.6. The highest BCUT2D eigenvalue weighted by atomic mass is 35.5. The average molecular weight is 343 g/mol. The number of hydrogen-bond donors (Lipinski definition) is 0. The van der Waals surface area contributed by atoms with Gasteiger partial charge in [-0.1, -0.05) is 11.6 Å². The molecule has 0 N–H and O–H groups in total. The van der Waals surface area contributed by atoms with Crippen LogP contribution in [0.1, 0.15) is 36.0 Å². The SMILES string of the molecule is O=C(c1ccc(N2CCCS2(=O)=O)cc1Cl)N1CCCCC1. The lowest BCUT2D eigenvalue weighted by Gasteiger charge is -2.27. The topological polar surface area (TPSA) is 57.7 Å². The van der Waals surface area contributed by atoms with Gasteiger partial charge in [0.2, 0.25) is 10.0 Å². The predicted octanol–water partition coefficient (Wildman–Crippen LogP) is 2.51. The van der Waals surface area contributed by atoms with Crippen molar-refractivity contribution in [2.24, 2.45) is 0 Å². The lowest BCUT2D eigenvalue weighted by Crippen LogP contribution is -2.35. The molecular weight excluding hydrogens is 324 g/mol. The van der Waals surface area contributed by atoms with E-state index in [0.717, 1.165) is 32.4 Å². The number of carbonyl (C=O) groups excluding carboxylic acids is 1. The predicted molar refractivity (Wildman–Crippen MR) is 87.0 cm³/mol. The Morgan fingerprint density at radius 2 is 1.77 bits per heavy atom. The van der Waals surface area contributed by atoms with Crippen LogP contribution in [0.25, 0.3) is 0 Å². The van der Waals surface area contributed by atoms with Gasteiger partial charge < -0.3 is 4.90 Å². The molecule has 0 aliphatic carbocycles. The van der Waals surface area contributed by atoms with Gasteiger partial charge in [0.15, 0.2) is 0 Å². The summed E-state index contributed by atoms with van der Waals surface area (Å²) in [6, 6.07) is 4.90. The summed E-state index contributed by atoms with van der Waals surface area (Å²) in [5.74, 6) is 0.0968. The number of nitrogens with zero attached hydrogens (tertiary/aromatic N) is 2. The molecule has 0 bridgehead atoms. The molecule has 0 aromatic heterocycles. The molecule has 3 rings (SSSR count). The third-order valence-corrected chi connectivity index (χ3v) is 6.40. The van der Waals surface area contributed by atoms with E-state index in [1.807, 2.05) is 4.90 Å². The fourth-order valence-electron chi connectivity index (χ4n) is 3.03. The van der Waals surface area contributed by atoms with Crippen molar-refractivity contribution in [1.29, 1.82) is 0 Å². The molecule has 2 aliphatic heterocycles. The van der Waals surface area contributed by atoms with Crippen molar-refractivity contribution in [3.05, 3.63) is 28.8 Å². The lowest BCUT2D eigenvalue weighted by molar-refractivity contribution is 0.0724. The van der Waals surface area contributed by atoms with Crippen molar-refractivity contribution >= 4 is 33.2 Å². The van der Waals surface area contributed by atoms with E-state index in [9.17, 15) is 13.2 Å². The number of anilines is 1. The van der Waals surface area contributed by atoms with Crippen LogP contribution in [0.2, 0.25) is 5.02 Å². The van der Waals surface area contributed by atoms with E-state index in [1.165, 1.54) is 4.31 Å². The van der Waals surface area contributed by atoms with Crippen molar-refractivity contribution < 1.29 is 13.2 Å². The van der Waals surface area contributed by atoms with Crippen LogP contribution < -0.4 is 4.31 Å². The Labute approximate surface area is 135 Å². The van der Waals surface area contributed by atoms with Crippen LogP contribution in [-0.2, 0) is 10.0 Å². The molecule has 120 valence electrons. The zero-order valence-electron chi connectivity index (χ0n) is 12.3. The molecule has 2 aliphatic rings. The Bertz CT molecular complexity index is 684. The van der Waals surface area contributed by atoms with Gasteiger partial charge in [-0.3, -0.25) is 9.10 Å². The summed E-state index contributed by atoms with van der Waals surface area (Å²) in [4.78, 5) is 14.3. The summed E-state index contributed by atoms with van der Waals surface area (Å²) >= 11 is 6.25. The second-order valence-corrected chi connectivity index (χ2v) is 8.18. The van der Waals surface area contributed by atoms with E-state index in [2.05, 4.69) is 0 Å². The van der Waals surface area contributed by atoms with E-state index in [-0.39, 0.29) is 11.7 Å². The molecular formula is C15H19ClN2O3S. The molecule has 1 aromatic carbocycles. The maximum Gasteiger partial charge on any atom is 0.255 e. The lowest BCUT2D eigenvalue weighted by atomic mass is 10.1. The largest absolute Gasteiger partial charge is 0.339 e. The quantitative estimate of drug-likeness (QED) is 0.829. The number of carbonyl (C=O) groups is 1. The molecule has 0 radical (unpaired) electrons. The van der Waals surface area contributed by atoms with Crippen LogP contribution >= 0.6 is 11.6 Å². The van der Waals surface area contributed by atoms with Crippen molar-refractivity contribution in [3.63, 3.8) is 0 Å². The summed E-state index contributed by atoms with van der Waals surface area (Å²) in [6.07, 6.45) is 3.82. The van der Waals surface area contributed by atoms with Gasteiger partial charge in [0.1, 0.15) is 0 Å². The zero-order chi connectivity index (χ0) is 15.7. The molecule has 0 saturated carbocycles. The van der Waals surface area contributed by atoms with E-state index >= 15 is 0 Å². The number of piperidine rings is 1. The third kappa shape index (κ3) is 2.94. The van der Waals surface area contributed by atoms with Crippen LogP contribution in [0.3, 0.4) is 0 Å². The highest BCUT2D eigenvalue weighted by Gasteiger charge is 2.29. The molecule has 1 aromatic rings. The number of likely N-dealkylation sites (tertiary alicyclic amines) is 1. The van der Waals surface area contributed by atoms with Crippen LogP contribution in [0.15, 0.2) is 18.2 Å². The molecule has 0 spiro atoms. The van der Waals surface area contributed by atoms with Gasteiger partial charge in [-0.2, -0.15) is 0 Å². The number of rotatable bonds is 2. The minimum Gasteiger partial charge on any atom is -0.339 e. The second kappa shape index (κ2) is 6.08. The first-order valence-corrected chi connectivity index (χ1v) is 9.57. The number of halogens is 1. The average Bonchev–Trinajstić information content (AvgIpc) is 2.87. The van der Waals surface area contributed by atoms with Gasteiger partial charge >= 0.3 is 0 Å². The van der Waals surface area contributed by atoms with Gasteiger partial charge in [0, 0.05) is 19.6 Å². The first-order valence-electron chi connectivity index (χ1n) is 7.58. The second-order valence-electron chi connectivity index (χ2n) is 5.76. The Kier molecular flexibility index (Phi) is 4.32. The number of sulfonamides is 1. The highest BCUT2D eigenvalue weighted by Crippen LogP contribution is 2.29. The van der Waals surface area contributed by atoms with E-state index in [4.69, 9.17) is 11.6 Å². The van der Waals surface area contributed by atoms with Crippen molar-refractivity contribution in [3.8, 4) is 0 Å². The van der Waals surface area contributed by atoms with Crippen LogP contribution in [0.5, 0.6) is 0 Å². The first-order chi connectivity index (χ1) is 10.5. The Hall–Kier alpha value is -1.27. The van der Waals surface area contributed by atoms with Crippen LogP contribution in [0, 0.1) is 0 Å². The van der Waals surface area contributed by atoms with Crippen molar-refractivity contribution in [2.45, 2.75) is 25.7 Å². The maximum atomic E-state index is 12.5. The summed E-state index contributed by atoms with van der Waals surface area (Å²) in [5, 5.41) is 0.315. The minimum absolute atomic E-state index is 0.0690. The third-order valence-electron chi connectivity index (χ3n) is 4.21. The molecule has 7 heteroatoms. The molecule has 2 saturated heterocycles. The van der Waals surface area contributed by atoms with Crippen LogP contribution in [0.4, 0.5) is 5.69 Å². The summed E-state index contributed by atoms with van der Waals surface area (Å²) < 4.78 is 25.3. The number of benzene rings is 1. The fraction of sp³-hybridized carbons (Fsp3) is 0.533. The summed E-state index contributed by atoms with van der Waals surface area (Å²) in [5.41, 5.74) is 0.988. The molecule has 2 heterocycles. The summed E-state index contributed by atoms with van der Waals surface area (Å²) in [7, 11) is -3.23. The standard InChI is InChI=1S/C15H19ClN2O3S/c16-14-11-12(18-9-4-10-22(18,20)21)5-6-13(14)15(19)17-7-2-1-3-8-17/h5-6,11H,1-4,7-10H2. The smallest absolute Gasteiger partial charge is 0.255 e. The zero-order valence-corrected chi connectivity index (χ0v) is 13.9. The Balaban J connectivity index is 1.84. The molecule has 2 fully saturated rings. The molecule has 1 amide bonds. The fourth-order valence-corrected chi connectivity index (χ4v) is 4.84. The molecule has 0 unspecified atom stereocenters. The number of hydrogen-bond acceptors (Lipinski definition) is 3. The van der Waals surface area contributed by atoms with Crippen molar-refractivity contribution in [1.82, 2.24) is 4.90 Å². The minimum atomic E-state index is -3.23. The highest BCUT2D eigenvalue weighted by molar-refractivity contribution is 7.93. The van der Waals surface area contributed by atoms with Gasteiger partial charge in [-0.15, -0.1) is 0 Å². The Morgan fingerprint density at radius 1 is 1.05 bits per heavy atom. The maximum absolute atomic E-state index is 12.5. The van der Waals surface area contributed by atoms with Gasteiger partial charge in [-0.25, -0.2) is 8.42 Å². The van der Waals surface area contributed by atoms with Gasteiger partial charge in [0.25, 0.3) is 5.91 Å². The van der Waals surface area contributed by atoms with Crippen molar-refractivity contribution in [2.75, 3.05) is 29.7 Å². The van der Waals surface area contributed by atoms with Crippen LogP contribution in [-0.4, -0.2) is 44.6 Å². The van der Waals surface area contributed by atoms with E-state index < -0.39 is 10.0 Å². The summed E-state index contributed by atoms with van der Waals surface area (Å²) in [6.45, 7) is 1.99. The van der Waals surface area contributed by atoms with E-state index in [0.29, 0.717) is 29.2 Å². The molecule has 22 heavy (non-hydrogen) atoms. The molecule has 5 nitrogen and oxygen atoms in total. The Morgan fingerprint density at radius 3 is 2.36 bits per heavy atom. The van der Waals surface area contributed by atoms with Gasteiger partial charge in [-0.05, 0) is 43.9 Å². The molecule has 0 atom stereocenters. The number of amides is 1. The monoisotopic (exact) mass is 342 g/mol. The van der Waals surface area contributed by atoms with Gasteiger partial charge in [0.05, 0.1) is 22.0 Å². The normalized spacial score (nSPS) is 21.1.